The molecule has 0 aliphatic carbocycles. The molecule has 1 heterocycles. The highest BCUT2D eigenvalue weighted by Gasteiger charge is 2.35. The van der Waals surface area contributed by atoms with Crippen molar-refractivity contribution < 1.29 is 9.72 Å². The summed E-state index contributed by atoms with van der Waals surface area (Å²) in [5, 5.41) is 22.7. The molecule has 0 saturated carbocycles. The van der Waals surface area contributed by atoms with Crippen LogP contribution in [0.3, 0.4) is 0 Å². The van der Waals surface area contributed by atoms with Gasteiger partial charge in [-0.05, 0) is 19.1 Å². The zero-order valence-corrected chi connectivity index (χ0v) is 13.8. The van der Waals surface area contributed by atoms with Crippen molar-refractivity contribution >= 4 is 63.5 Å². The average Bonchev–Trinajstić information content (AvgIpc) is 2.73. The number of thiocarbonyl (C=S) groups is 1. The Morgan fingerprint density at radius 2 is 2.04 bits per heavy atom. The predicted octanol–water partition coefficient (Wildman–Crippen LogP) is 2.82. The summed E-state index contributed by atoms with van der Waals surface area (Å²) >= 11 is 16.5. The number of nitro groups is 1. The first-order valence-electron chi connectivity index (χ1n) is 5.95. The largest absolute Gasteiger partial charge is 0.374 e. The molecular formula is C11H8Cl2N6O3S. The van der Waals surface area contributed by atoms with Gasteiger partial charge in [-0.1, -0.05) is 23.2 Å². The van der Waals surface area contributed by atoms with Crippen LogP contribution in [0.5, 0.6) is 0 Å². The second kappa shape index (κ2) is 6.52. The Morgan fingerprint density at radius 3 is 2.48 bits per heavy atom. The molecule has 1 amide bonds. The number of rotatable bonds is 3. The molecule has 0 saturated heterocycles. The van der Waals surface area contributed by atoms with Crippen LogP contribution in [-0.4, -0.2) is 32.7 Å². The van der Waals surface area contributed by atoms with Crippen molar-refractivity contribution in [1.29, 1.82) is 0 Å². The fraction of sp³-hybridized carbons (Fsp3) is 0.182. The Bertz CT molecular complexity index is 758. The normalized spacial score (nSPS) is 17.7. The van der Waals surface area contributed by atoms with Crippen LogP contribution in [0.4, 0.5) is 11.4 Å². The van der Waals surface area contributed by atoms with E-state index < -0.39 is 16.9 Å². The highest BCUT2D eigenvalue weighted by atomic mass is 35.5. The third-order valence-electron chi connectivity index (χ3n) is 2.79. The zero-order valence-electron chi connectivity index (χ0n) is 11.4. The van der Waals surface area contributed by atoms with Crippen LogP contribution >= 0.6 is 35.4 Å². The van der Waals surface area contributed by atoms with Gasteiger partial charge in [0, 0.05) is 12.1 Å². The quantitative estimate of drug-likeness (QED) is 0.376. The van der Waals surface area contributed by atoms with E-state index in [1.807, 2.05) is 0 Å². The highest BCUT2D eigenvalue weighted by Crippen LogP contribution is 2.37. The van der Waals surface area contributed by atoms with Gasteiger partial charge in [0.1, 0.15) is 5.69 Å². The number of carbonyl (C=O) groups is 1. The zero-order chi connectivity index (χ0) is 17.3. The van der Waals surface area contributed by atoms with Gasteiger partial charge in [0.05, 0.1) is 20.7 Å². The topological polar surface area (TPSA) is 127 Å². The van der Waals surface area contributed by atoms with Crippen molar-refractivity contribution in [2.75, 3.05) is 0 Å². The summed E-state index contributed by atoms with van der Waals surface area (Å²) in [6, 6.07) is 1.15. The molecule has 2 N–H and O–H groups in total. The number of nitrogens with two attached hydrogens (primary N) is 1. The number of amides is 1. The smallest absolute Gasteiger partial charge is 0.282 e. The van der Waals surface area contributed by atoms with E-state index >= 15 is 0 Å². The first-order chi connectivity index (χ1) is 10.7. The van der Waals surface area contributed by atoms with Crippen LogP contribution in [0.25, 0.3) is 0 Å². The minimum Gasteiger partial charge on any atom is -0.374 e. The molecule has 0 bridgehead atoms. The van der Waals surface area contributed by atoms with Gasteiger partial charge < -0.3 is 5.73 Å². The molecule has 1 atom stereocenters. The number of hydrogen-bond donors (Lipinski definition) is 1. The Hall–Kier alpha value is -2.17. The predicted molar refractivity (Wildman–Crippen MR) is 88.2 cm³/mol. The molecule has 0 spiro atoms. The minimum atomic E-state index is -1.01. The SMILES string of the molecule is CC1=NN(C(N)=S)C(=O)C1N=Nc1c(Cl)cc([N+](=O)[O-])cc1Cl. The van der Waals surface area contributed by atoms with E-state index in [2.05, 4.69) is 15.3 Å². The highest BCUT2D eigenvalue weighted by molar-refractivity contribution is 7.80. The van der Waals surface area contributed by atoms with Gasteiger partial charge >= 0.3 is 0 Å². The molecule has 9 nitrogen and oxygen atoms in total. The maximum atomic E-state index is 12.0. The van der Waals surface area contributed by atoms with E-state index in [4.69, 9.17) is 41.2 Å². The Kier molecular flexibility index (Phi) is 4.88. The van der Waals surface area contributed by atoms with Crippen molar-refractivity contribution in [1.82, 2.24) is 5.01 Å². The first-order valence-corrected chi connectivity index (χ1v) is 7.11. The van der Waals surface area contributed by atoms with Crippen LogP contribution in [0, 0.1) is 10.1 Å². The number of azo groups is 1. The summed E-state index contributed by atoms with van der Waals surface area (Å²) in [6.45, 7) is 1.55. The summed E-state index contributed by atoms with van der Waals surface area (Å²) in [7, 11) is 0. The number of halogens is 2. The Balaban J connectivity index is 2.31. The van der Waals surface area contributed by atoms with Gasteiger partial charge in [0.2, 0.25) is 0 Å². The standard InChI is InChI=1S/C11H8Cl2N6O3S/c1-4-8(10(20)18(17-4)11(14)23)15-16-9-6(12)2-5(19(21)22)3-7(9)13/h2-3,8H,1H3,(H2,14,23). The molecule has 12 heteroatoms. The molecule has 120 valence electrons. The van der Waals surface area contributed by atoms with Crippen molar-refractivity contribution in [2.24, 2.45) is 21.1 Å². The van der Waals surface area contributed by atoms with Gasteiger partial charge in [0.15, 0.2) is 11.2 Å². The number of hydrogen-bond acceptors (Lipinski definition) is 7. The van der Waals surface area contributed by atoms with Crippen molar-refractivity contribution in [2.45, 2.75) is 13.0 Å². The molecule has 1 aromatic carbocycles. The van der Waals surface area contributed by atoms with Crippen molar-refractivity contribution in [3.63, 3.8) is 0 Å². The number of non-ortho nitro benzene ring substituents is 1. The Labute approximate surface area is 144 Å². The molecule has 0 fully saturated rings. The van der Waals surface area contributed by atoms with Gasteiger partial charge in [-0.3, -0.25) is 14.9 Å². The number of nitrogens with zero attached hydrogens (tertiary/aromatic N) is 5. The lowest BCUT2D eigenvalue weighted by Crippen LogP contribution is -2.37. The van der Waals surface area contributed by atoms with E-state index in [0.29, 0.717) is 5.71 Å². The molecule has 23 heavy (non-hydrogen) atoms. The number of nitro benzene ring substituents is 1. The second-order valence-corrected chi connectivity index (χ2v) is 5.60. The second-order valence-electron chi connectivity index (χ2n) is 4.36. The fourth-order valence-electron chi connectivity index (χ4n) is 1.72. The third-order valence-corrected chi connectivity index (χ3v) is 3.54. The average molecular weight is 375 g/mol. The monoisotopic (exact) mass is 374 g/mol. The number of hydrazone groups is 1. The molecular weight excluding hydrogens is 367 g/mol. The maximum absolute atomic E-state index is 12.0. The number of benzene rings is 1. The molecule has 2 rings (SSSR count). The van der Waals surface area contributed by atoms with Crippen LogP contribution in [-0.2, 0) is 4.79 Å². The molecule has 1 aromatic rings. The summed E-state index contributed by atoms with van der Waals surface area (Å²) in [6.07, 6.45) is 0. The maximum Gasteiger partial charge on any atom is 0.282 e. The molecule has 0 aromatic heterocycles. The third kappa shape index (κ3) is 3.44. The van der Waals surface area contributed by atoms with Gasteiger partial charge in [0.25, 0.3) is 11.6 Å². The van der Waals surface area contributed by atoms with Crippen LogP contribution < -0.4 is 5.73 Å². The van der Waals surface area contributed by atoms with E-state index in [1.54, 1.807) is 6.92 Å². The summed E-state index contributed by atoms with van der Waals surface area (Å²) in [5.74, 6) is -0.562. The van der Waals surface area contributed by atoms with Gasteiger partial charge in [-0.15, -0.1) is 0 Å². The molecule has 1 aliphatic heterocycles. The van der Waals surface area contributed by atoms with E-state index in [1.165, 1.54) is 0 Å². The van der Waals surface area contributed by atoms with Crippen molar-refractivity contribution in [3.05, 3.63) is 32.3 Å². The summed E-state index contributed by atoms with van der Waals surface area (Å²) in [5.41, 5.74) is 5.42. The first kappa shape index (κ1) is 17.2. The lowest BCUT2D eigenvalue weighted by atomic mass is 10.2. The molecule has 1 aliphatic rings. The lowest BCUT2D eigenvalue weighted by Gasteiger charge is -2.08. The minimum absolute atomic E-state index is 0.00769. The Morgan fingerprint density at radius 1 is 1.48 bits per heavy atom. The summed E-state index contributed by atoms with van der Waals surface area (Å²) < 4.78 is 0. The van der Waals surface area contributed by atoms with E-state index in [-0.39, 0.29) is 26.5 Å². The lowest BCUT2D eigenvalue weighted by molar-refractivity contribution is -0.384. The van der Waals surface area contributed by atoms with E-state index in [9.17, 15) is 14.9 Å². The van der Waals surface area contributed by atoms with E-state index in [0.717, 1.165) is 17.1 Å². The van der Waals surface area contributed by atoms with Crippen LogP contribution in [0.15, 0.2) is 27.5 Å². The fourth-order valence-corrected chi connectivity index (χ4v) is 2.40. The van der Waals surface area contributed by atoms with Crippen molar-refractivity contribution in [3.8, 4) is 0 Å². The summed E-state index contributed by atoms with van der Waals surface area (Å²) in [4.78, 5) is 22.1. The number of carbonyl (C=O) groups excluding carboxylic acids is 1. The van der Waals surface area contributed by atoms with Gasteiger partial charge in [-0.2, -0.15) is 20.3 Å². The molecule has 1 unspecified atom stereocenters. The van der Waals surface area contributed by atoms with Crippen LogP contribution in [0.1, 0.15) is 6.92 Å². The van der Waals surface area contributed by atoms with Gasteiger partial charge in [-0.25, -0.2) is 0 Å². The molecule has 0 radical (unpaired) electrons. The van der Waals surface area contributed by atoms with Crippen LogP contribution in [0.2, 0.25) is 10.0 Å².